The van der Waals surface area contributed by atoms with Gasteiger partial charge in [0, 0.05) is 12.2 Å². The molecular weight excluding hydrogens is 452 g/mol. The van der Waals surface area contributed by atoms with Crippen LogP contribution in [-0.4, -0.2) is 11.1 Å². The summed E-state index contributed by atoms with van der Waals surface area (Å²) in [7, 11) is 0. The molecule has 1 atom stereocenters. The molecule has 0 fully saturated rings. The Hall–Kier alpha value is -1.47. The Morgan fingerprint density at radius 1 is 1.19 bits per heavy atom. The van der Waals surface area contributed by atoms with Crippen LogP contribution in [0.25, 0.3) is 0 Å². The summed E-state index contributed by atoms with van der Waals surface area (Å²) in [5.41, 5.74) is -1.53. The first-order chi connectivity index (χ1) is 12.4. The number of hydrogen-bond donors (Lipinski definition) is 0. The van der Waals surface area contributed by atoms with Gasteiger partial charge in [-0.05, 0) is 35.5 Å². The van der Waals surface area contributed by atoms with Gasteiger partial charge in [-0.1, -0.05) is 30.1 Å². The van der Waals surface area contributed by atoms with Crippen LogP contribution < -0.4 is 10.0 Å². The summed E-state index contributed by atoms with van der Waals surface area (Å²) in [6.45, 7) is -2.07. The van der Waals surface area contributed by atoms with Gasteiger partial charge >= 0.3 is 6.18 Å². The van der Waals surface area contributed by atoms with Crippen LogP contribution in [0.1, 0.15) is 12.5 Å². The van der Waals surface area contributed by atoms with E-state index in [9.17, 15) is 27.9 Å². The van der Waals surface area contributed by atoms with Gasteiger partial charge < -0.3 is 9.30 Å². The summed E-state index contributed by atoms with van der Waals surface area (Å²) in [5, 5.41) is 10.1. The number of alkyl halides is 3. The van der Waals surface area contributed by atoms with Crippen LogP contribution in [0.5, 0.6) is 11.5 Å². The second-order valence-corrected chi connectivity index (χ2v) is 10.1. The molecule has 0 N–H and O–H groups in total. The van der Waals surface area contributed by atoms with Gasteiger partial charge in [0.1, 0.15) is 11.1 Å². The number of nitro benzene ring substituents is 1. The SMILES string of the molecule is CCP(=O)(Cl)c1cc(Oc2c(Cl)cc(C(F)(F)F)cc2Cl)ccc1[N+](=O)[O-]. The lowest BCUT2D eigenvalue weighted by Crippen LogP contribution is -2.10. The zero-order chi connectivity index (χ0) is 20.6. The van der Waals surface area contributed by atoms with Crippen LogP contribution >= 0.6 is 40.9 Å². The summed E-state index contributed by atoms with van der Waals surface area (Å²) in [6.07, 6.45) is -4.71. The summed E-state index contributed by atoms with van der Waals surface area (Å²) in [6, 6.07) is 4.54. The van der Waals surface area contributed by atoms with Gasteiger partial charge in [0.15, 0.2) is 5.75 Å². The van der Waals surface area contributed by atoms with Gasteiger partial charge in [0.05, 0.1) is 20.5 Å². The van der Waals surface area contributed by atoms with E-state index >= 15 is 0 Å². The van der Waals surface area contributed by atoms with E-state index in [0.717, 1.165) is 12.1 Å². The van der Waals surface area contributed by atoms with E-state index in [1.54, 1.807) is 0 Å². The highest BCUT2D eigenvalue weighted by atomic mass is 35.7. The molecule has 0 saturated carbocycles. The average Bonchev–Trinajstić information content (AvgIpc) is 2.56. The Kier molecular flexibility index (Phi) is 6.37. The summed E-state index contributed by atoms with van der Waals surface area (Å²) >= 11 is 17.6. The summed E-state index contributed by atoms with van der Waals surface area (Å²) in [5.74, 6) is -0.361. The second kappa shape index (κ2) is 7.87. The van der Waals surface area contributed by atoms with E-state index in [1.807, 2.05) is 0 Å². The van der Waals surface area contributed by atoms with Crippen LogP contribution in [0.3, 0.4) is 0 Å². The molecule has 0 aliphatic rings. The first-order valence-corrected chi connectivity index (χ1v) is 10.7. The maximum atomic E-state index is 12.8. The predicted molar refractivity (Wildman–Crippen MR) is 98.3 cm³/mol. The van der Waals surface area contributed by atoms with Crippen LogP contribution in [-0.2, 0) is 10.7 Å². The number of nitro groups is 1. The Balaban J connectivity index is 2.51. The van der Waals surface area contributed by atoms with Gasteiger partial charge in [-0.25, -0.2) is 0 Å². The minimum atomic E-state index is -4.65. The second-order valence-electron chi connectivity index (χ2n) is 5.24. The van der Waals surface area contributed by atoms with E-state index < -0.39 is 38.9 Å². The number of rotatable bonds is 5. The third-order valence-corrected chi connectivity index (χ3v) is 7.17. The maximum absolute atomic E-state index is 12.8. The normalized spacial score (nSPS) is 13.9. The van der Waals surface area contributed by atoms with E-state index in [-0.39, 0.29) is 23.0 Å². The van der Waals surface area contributed by atoms with Gasteiger partial charge in [0.25, 0.3) is 5.69 Å². The summed E-state index contributed by atoms with van der Waals surface area (Å²) < 4.78 is 56.2. The minimum Gasteiger partial charge on any atom is -0.454 e. The van der Waals surface area contributed by atoms with Gasteiger partial charge in [0.2, 0.25) is 6.49 Å². The van der Waals surface area contributed by atoms with Gasteiger partial charge in [-0.15, -0.1) is 0 Å². The van der Waals surface area contributed by atoms with Crippen molar-refractivity contribution in [3.63, 3.8) is 0 Å². The number of halogens is 6. The van der Waals surface area contributed by atoms with Crippen molar-refractivity contribution in [3.8, 4) is 11.5 Å². The molecule has 0 bridgehead atoms. The van der Waals surface area contributed by atoms with Gasteiger partial charge in [-0.2, -0.15) is 13.2 Å². The molecule has 2 aromatic rings. The fourth-order valence-corrected chi connectivity index (χ4v) is 4.23. The van der Waals surface area contributed by atoms with Crippen LogP contribution in [0.4, 0.5) is 18.9 Å². The molecular formula is C15H10Cl3F3NO4P. The number of benzene rings is 2. The van der Waals surface area contributed by atoms with Crippen molar-refractivity contribution in [1.82, 2.24) is 0 Å². The molecule has 0 amide bonds. The first kappa shape index (κ1) is 21.8. The lowest BCUT2D eigenvalue weighted by molar-refractivity contribution is -0.383. The average molecular weight is 463 g/mol. The Bertz CT molecular complexity index is 929. The Morgan fingerprint density at radius 2 is 1.74 bits per heavy atom. The van der Waals surface area contributed by atoms with Crippen molar-refractivity contribution in [1.29, 1.82) is 0 Å². The monoisotopic (exact) mass is 461 g/mol. The van der Waals surface area contributed by atoms with Crippen LogP contribution in [0.15, 0.2) is 30.3 Å². The van der Waals surface area contributed by atoms with Crippen molar-refractivity contribution in [2.75, 3.05) is 6.16 Å². The minimum absolute atomic E-state index is 0.0549. The smallest absolute Gasteiger partial charge is 0.416 e. The molecule has 146 valence electrons. The van der Waals surface area contributed by atoms with E-state index in [4.69, 9.17) is 39.2 Å². The highest BCUT2D eigenvalue weighted by Crippen LogP contribution is 2.52. The van der Waals surface area contributed by atoms with E-state index in [1.165, 1.54) is 13.0 Å². The highest BCUT2D eigenvalue weighted by Gasteiger charge is 2.33. The van der Waals surface area contributed by atoms with Crippen molar-refractivity contribution in [3.05, 3.63) is 56.1 Å². The molecule has 0 aliphatic heterocycles. The highest BCUT2D eigenvalue weighted by molar-refractivity contribution is 7.95. The molecule has 2 aromatic carbocycles. The standard InChI is InChI=1S/C15H10Cl3F3NO4P/c1-2-27(18,25)13-7-9(3-4-12(13)22(23)24)26-14-10(16)5-8(6-11(14)17)15(19,20)21/h3-7H,2H2,1H3. The molecule has 0 aromatic heterocycles. The van der Waals surface area contributed by atoms with E-state index in [2.05, 4.69) is 0 Å². The van der Waals surface area contributed by atoms with Crippen LogP contribution in [0, 0.1) is 10.1 Å². The van der Waals surface area contributed by atoms with E-state index in [0.29, 0.717) is 12.1 Å². The topological polar surface area (TPSA) is 69.4 Å². The van der Waals surface area contributed by atoms with Crippen molar-refractivity contribution in [2.45, 2.75) is 13.1 Å². The largest absolute Gasteiger partial charge is 0.454 e. The summed E-state index contributed by atoms with van der Waals surface area (Å²) in [4.78, 5) is 10.4. The fourth-order valence-electron chi connectivity index (χ4n) is 2.10. The van der Waals surface area contributed by atoms with Crippen LogP contribution in [0.2, 0.25) is 10.0 Å². The number of nitrogens with zero attached hydrogens (tertiary/aromatic N) is 1. The number of ether oxygens (including phenoxy) is 1. The lowest BCUT2D eigenvalue weighted by atomic mass is 10.2. The Labute approximate surface area is 166 Å². The molecule has 0 spiro atoms. The zero-order valence-electron chi connectivity index (χ0n) is 13.4. The molecule has 0 saturated heterocycles. The molecule has 12 heteroatoms. The molecule has 27 heavy (non-hydrogen) atoms. The fraction of sp³-hybridized carbons (Fsp3) is 0.200. The zero-order valence-corrected chi connectivity index (χ0v) is 16.6. The first-order valence-electron chi connectivity index (χ1n) is 7.18. The number of hydrogen-bond acceptors (Lipinski definition) is 4. The molecule has 5 nitrogen and oxygen atoms in total. The molecule has 0 radical (unpaired) electrons. The third-order valence-electron chi connectivity index (χ3n) is 3.46. The van der Waals surface area contributed by atoms with Crippen molar-refractivity contribution in [2.24, 2.45) is 0 Å². The maximum Gasteiger partial charge on any atom is 0.416 e. The van der Waals surface area contributed by atoms with Gasteiger partial charge in [-0.3, -0.25) is 10.1 Å². The van der Waals surface area contributed by atoms with Crippen molar-refractivity contribution >= 4 is 51.9 Å². The molecule has 2 rings (SSSR count). The lowest BCUT2D eigenvalue weighted by Gasteiger charge is -2.15. The van der Waals surface area contributed by atoms with Crippen molar-refractivity contribution < 1.29 is 27.4 Å². The predicted octanol–water partition coefficient (Wildman–Crippen LogP) is 6.87. The third kappa shape index (κ3) is 4.88. The Morgan fingerprint density at radius 3 is 2.19 bits per heavy atom. The molecule has 0 aliphatic carbocycles. The quantitative estimate of drug-likeness (QED) is 0.276. The molecule has 1 unspecified atom stereocenters. The molecule has 0 heterocycles.